The fraction of sp³-hybridized carbons (Fsp3) is 0.250. The Balaban J connectivity index is 0.000000602. The van der Waals surface area contributed by atoms with Crippen molar-refractivity contribution >= 4 is 46.1 Å². The van der Waals surface area contributed by atoms with Crippen LogP contribution in [-0.4, -0.2) is 63.4 Å². The van der Waals surface area contributed by atoms with Crippen molar-refractivity contribution in [3.05, 3.63) is 59.7 Å². The summed E-state index contributed by atoms with van der Waals surface area (Å²) in [6, 6.07) is 10.4. The number of carbonyl (C=O) groups is 2. The predicted octanol–water partition coefficient (Wildman–Crippen LogP) is 1.33. The third-order valence-electron chi connectivity index (χ3n) is 4.34. The van der Waals surface area contributed by atoms with Crippen molar-refractivity contribution in [2.75, 3.05) is 28.4 Å². The molecule has 0 N–H and O–H groups in total. The number of hydrogen-bond acceptors (Lipinski definition) is 8. The standard InChI is InChI=1S/2C12H14O4.Mg/c2*1-8(6-12(13)14)10-5-4-9(15-2)7-11(10)16-3;/h2*4-7H,1-3H3,(H,13,14);/q;;+2/p-2. The Hall–Kier alpha value is -3.17. The maximum absolute atomic E-state index is 10.5. The van der Waals surface area contributed by atoms with Gasteiger partial charge in [0.05, 0.1) is 40.4 Å². The van der Waals surface area contributed by atoms with Gasteiger partial charge >= 0.3 is 23.1 Å². The molecule has 33 heavy (non-hydrogen) atoms. The molecule has 0 saturated heterocycles. The number of carboxylic acid groups (broad SMARTS) is 2. The van der Waals surface area contributed by atoms with Gasteiger partial charge in [0.25, 0.3) is 0 Å². The molecule has 0 atom stereocenters. The molecular formula is C24H26MgO8. The number of benzene rings is 2. The SMILES string of the molecule is COc1ccc(C(C)=CC(=O)[O-])c(OC)c1.COc1ccc(C(C)=CC(=O)[O-])c(OC)c1.[Mg+2]. The van der Waals surface area contributed by atoms with Crippen LogP contribution in [-0.2, 0) is 9.59 Å². The second-order valence-electron chi connectivity index (χ2n) is 6.43. The zero-order valence-corrected chi connectivity index (χ0v) is 21.0. The van der Waals surface area contributed by atoms with Gasteiger partial charge in [0.2, 0.25) is 0 Å². The predicted molar refractivity (Wildman–Crippen MR) is 122 cm³/mol. The molecular weight excluding hydrogens is 441 g/mol. The normalized spacial score (nSPS) is 10.7. The smallest absolute Gasteiger partial charge is 0.545 e. The quantitative estimate of drug-likeness (QED) is 0.422. The molecule has 2 aromatic carbocycles. The van der Waals surface area contributed by atoms with Crippen LogP contribution in [0.2, 0.25) is 0 Å². The van der Waals surface area contributed by atoms with Crippen LogP contribution in [0.5, 0.6) is 23.0 Å². The molecule has 0 aromatic heterocycles. The summed E-state index contributed by atoms with van der Waals surface area (Å²) in [5, 5.41) is 20.9. The van der Waals surface area contributed by atoms with Gasteiger partial charge in [-0.25, -0.2) is 0 Å². The number of carboxylic acids is 2. The number of methoxy groups -OCH3 is 4. The van der Waals surface area contributed by atoms with E-state index in [4.69, 9.17) is 18.9 Å². The molecule has 0 amide bonds. The van der Waals surface area contributed by atoms with Gasteiger partial charge in [0.1, 0.15) is 23.0 Å². The topological polar surface area (TPSA) is 117 Å². The molecule has 0 fully saturated rings. The summed E-state index contributed by atoms with van der Waals surface area (Å²) in [4.78, 5) is 20.9. The molecule has 2 aromatic rings. The van der Waals surface area contributed by atoms with Crippen LogP contribution >= 0.6 is 0 Å². The average molecular weight is 467 g/mol. The first-order valence-electron chi connectivity index (χ1n) is 9.40. The van der Waals surface area contributed by atoms with E-state index in [1.54, 1.807) is 64.5 Å². The number of hydrogen-bond donors (Lipinski definition) is 0. The van der Waals surface area contributed by atoms with Gasteiger partial charge in [0, 0.05) is 23.3 Å². The molecule has 0 aliphatic carbocycles. The minimum Gasteiger partial charge on any atom is -0.545 e. The molecule has 0 heterocycles. The molecule has 2 rings (SSSR count). The summed E-state index contributed by atoms with van der Waals surface area (Å²) in [7, 11) is 6.14. The second kappa shape index (κ2) is 14.8. The van der Waals surface area contributed by atoms with Crippen LogP contribution in [0.15, 0.2) is 48.6 Å². The Morgan fingerprint density at radius 1 is 0.667 bits per heavy atom. The van der Waals surface area contributed by atoms with Gasteiger partial charge < -0.3 is 38.7 Å². The molecule has 8 nitrogen and oxygen atoms in total. The van der Waals surface area contributed by atoms with Crippen molar-refractivity contribution < 1.29 is 38.7 Å². The number of allylic oxidation sites excluding steroid dienone is 2. The maximum atomic E-state index is 10.5. The first kappa shape index (κ1) is 29.8. The summed E-state index contributed by atoms with van der Waals surface area (Å²) in [5.41, 5.74) is 2.54. The molecule has 0 unspecified atom stereocenters. The van der Waals surface area contributed by atoms with Crippen molar-refractivity contribution in [2.45, 2.75) is 13.8 Å². The van der Waals surface area contributed by atoms with Crippen LogP contribution in [0.3, 0.4) is 0 Å². The van der Waals surface area contributed by atoms with E-state index in [-0.39, 0.29) is 23.1 Å². The Morgan fingerprint density at radius 2 is 1.00 bits per heavy atom. The summed E-state index contributed by atoms with van der Waals surface area (Å²) >= 11 is 0. The largest absolute Gasteiger partial charge is 2.00 e. The second-order valence-corrected chi connectivity index (χ2v) is 6.43. The fourth-order valence-corrected chi connectivity index (χ4v) is 2.76. The van der Waals surface area contributed by atoms with Gasteiger partial charge in [-0.15, -0.1) is 0 Å². The molecule has 0 spiro atoms. The first-order chi connectivity index (χ1) is 15.2. The van der Waals surface area contributed by atoms with Crippen molar-refractivity contribution in [1.82, 2.24) is 0 Å². The average Bonchev–Trinajstić information content (AvgIpc) is 2.77. The van der Waals surface area contributed by atoms with Crippen molar-refractivity contribution in [1.29, 1.82) is 0 Å². The van der Waals surface area contributed by atoms with Crippen LogP contribution in [0.1, 0.15) is 25.0 Å². The zero-order valence-electron chi connectivity index (χ0n) is 19.6. The molecule has 0 aliphatic rings. The fourth-order valence-electron chi connectivity index (χ4n) is 2.76. The third kappa shape index (κ3) is 9.46. The van der Waals surface area contributed by atoms with Crippen LogP contribution in [0.4, 0.5) is 0 Å². The molecule has 9 heteroatoms. The van der Waals surface area contributed by atoms with Crippen LogP contribution in [0, 0.1) is 0 Å². The Morgan fingerprint density at radius 3 is 1.24 bits per heavy atom. The molecule has 172 valence electrons. The molecule has 0 radical (unpaired) electrons. The molecule has 0 aliphatic heterocycles. The molecule has 0 bridgehead atoms. The number of rotatable bonds is 8. The first-order valence-corrected chi connectivity index (χ1v) is 9.40. The Bertz CT molecular complexity index is 930. The number of aliphatic carboxylic acids is 2. The van der Waals surface area contributed by atoms with Gasteiger partial charge in [-0.3, -0.25) is 0 Å². The van der Waals surface area contributed by atoms with Crippen LogP contribution < -0.4 is 29.2 Å². The van der Waals surface area contributed by atoms with E-state index < -0.39 is 11.9 Å². The summed E-state index contributed by atoms with van der Waals surface area (Å²) in [5.74, 6) is -0.0156. The van der Waals surface area contributed by atoms with Crippen molar-refractivity contribution in [2.24, 2.45) is 0 Å². The van der Waals surface area contributed by atoms with Gasteiger partial charge in [-0.2, -0.15) is 0 Å². The number of ether oxygens (including phenoxy) is 4. The Kier molecular flexibility index (Phi) is 13.4. The van der Waals surface area contributed by atoms with E-state index in [9.17, 15) is 19.8 Å². The van der Waals surface area contributed by atoms with E-state index in [0.717, 1.165) is 12.2 Å². The maximum Gasteiger partial charge on any atom is 2.00 e. The van der Waals surface area contributed by atoms with E-state index in [1.807, 2.05) is 0 Å². The van der Waals surface area contributed by atoms with E-state index >= 15 is 0 Å². The zero-order chi connectivity index (χ0) is 24.3. The van der Waals surface area contributed by atoms with Gasteiger partial charge in [0.15, 0.2) is 0 Å². The van der Waals surface area contributed by atoms with E-state index in [0.29, 0.717) is 45.3 Å². The summed E-state index contributed by atoms with van der Waals surface area (Å²) < 4.78 is 20.4. The minimum atomic E-state index is -1.23. The van der Waals surface area contributed by atoms with Crippen molar-refractivity contribution in [3.8, 4) is 23.0 Å². The molecule has 0 saturated carbocycles. The summed E-state index contributed by atoms with van der Waals surface area (Å²) in [6.45, 7) is 3.36. The van der Waals surface area contributed by atoms with E-state index in [2.05, 4.69) is 0 Å². The van der Waals surface area contributed by atoms with Crippen molar-refractivity contribution in [3.63, 3.8) is 0 Å². The van der Waals surface area contributed by atoms with Crippen LogP contribution in [0.25, 0.3) is 11.1 Å². The van der Waals surface area contributed by atoms with E-state index in [1.165, 1.54) is 14.2 Å². The number of carbonyl (C=O) groups excluding carboxylic acids is 2. The third-order valence-corrected chi connectivity index (χ3v) is 4.34. The minimum absolute atomic E-state index is 0. The Labute approximate surface area is 209 Å². The monoisotopic (exact) mass is 466 g/mol. The summed E-state index contributed by atoms with van der Waals surface area (Å²) in [6.07, 6.45) is 2.06. The van der Waals surface area contributed by atoms with Gasteiger partial charge in [-0.05, 0) is 61.4 Å². The van der Waals surface area contributed by atoms with Gasteiger partial charge in [-0.1, -0.05) is 0 Å².